The molecule has 0 aromatic carbocycles. The van der Waals surface area contributed by atoms with Crippen LogP contribution in [0.25, 0.3) is 0 Å². The van der Waals surface area contributed by atoms with Gasteiger partial charge in [-0.25, -0.2) is 4.57 Å². The van der Waals surface area contributed by atoms with Crippen LogP contribution in [0.4, 0.5) is 0 Å². The number of rotatable bonds is 39. The van der Waals surface area contributed by atoms with Crippen LogP contribution in [-0.2, 0) is 32.7 Å². The third-order valence-corrected chi connectivity index (χ3v) is 11.9. The Bertz CT molecular complexity index is 1120. The summed E-state index contributed by atoms with van der Waals surface area (Å²) in [6.07, 6.45) is 24.1. The number of unbranched alkanes of at least 4 members (excludes halogenated alkanes) is 24. The third kappa shape index (κ3) is 28.5. The maximum absolute atomic E-state index is 12.8. The summed E-state index contributed by atoms with van der Waals surface area (Å²) in [4.78, 5) is 35.7. The smallest absolute Gasteiger partial charge is 0.462 e. The van der Waals surface area contributed by atoms with Crippen molar-refractivity contribution in [3.8, 4) is 0 Å². The van der Waals surface area contributed by atoms with Gasteiger partial charge in [0, 0.05) is 12.8 Å². The van der Waals surface area contributed by atoms with Crippen molar-refractivity contribution in [2.75, 3.05) is 13.2 Å². The lowest BCUT2D eigenvalue weighted by atomic mass is 9.85. The van der Waals surface area contributed by atoms with E-state index in [0.717, 1.165) is 57.8 Å². The van der Waals surface area contributed by atoms with Crippen molar-refractivity contribution >= 4 is 19.8 Å². The Morgan fingerprint density at radius 1 is 0.559 bits per heavy atom. The Balaban J connectivity index is 2.44. The zero-order chi connectivity index (χ0) is 43.6. The molecule has 8 atom stereocenters. The minimum atomic E-state index is -5.11. The molecule has 1 saturated carbocycles. The summed E-state index contributed by atoms with van der Waals surface area (Å²) in [6, 6.07) is 0. The zero-order valence-corrected chi connectivity index (χ0v) is 37.3. The average molecular weight is 863 g/mol. The van der Waals surface area contributed by atoms with E-state index in [0.29, 0.717) is 12.8 Å². The van der Waals surface area contributed by atoms with E-state index in [1.807, 2.05) is 6.08 Å². The van der Waals surface area contributed by atoms with Crippen LogP contribution in [-0.4, -0.2) is 98.3 Å². The molecule has 14 heteroatoms. The fraction of sp³-hybridized carbons (Fsp3) is 0.867. The fourth-order valence-electron chi connectivity index (χ4n) is 7.13. The summed E-state index contributed by atoms with van der Waals surface area (Å²) in [5.41, 5.74) is 0. The highest BCUT2D eigenvalue weighted by atomic mass is 31.2. The molecule has 1 rings (SSSR count). The van der Waals surface area contributed by atoms with Gasteiger partial charge in [0.25, 0.3) is 0 Å². The second-order valence-corrected chi connectivity index (χ2v) is 17.7. The third-order valence-electron chi connectivity index (χ3n) is 10.9. The molecule has 0 amide bonds. The lowest BCUT2D eigenvalue weighted by molar-refractivity contribution is -0.220. The van der Waals surface area contributed by atoms with Gasteiger partial charge >= 0.3 is 19.8 Å². The number of hydrogen-bond donors (Lipinski definition) is 6. The Morgan fingerprint density at radius 2 is 0.949 bits per heavy atom. The van der Waals surface area contributed by atoms with Gasteiger partial charge in [-0.2, -0.15) is 0 Å². The predicted octanol–water partition coefficient (Wildman–Crippen LogP) is 8.84. The summed E-state index contributed by atoms with van der Waals surface area (Å²) >= 11 is 0. The zero-order valence-electron chi connectivity index (χ0n) is 36.4. The molecule has 6 N–H and O–H groups in total. The van der Waals surface area contributed by atoms with Crippen molar-refractivity contribution in [3.63, 3.8) is 0 Å². The molecule has 1 aliphatic rings. The summed E-state index contributed by atoms with van der Waals surface area (Å²) in [6.45, 7) is 4.80. The van der Waals surface area contributed by atoms with Crippen molar-refractivity contribution < 1.29 is 63.1 Å². The van der Waals surface area contributed by atoms with Crippen LogP contribution in [0, 0.1) is 0 Å². The topological polar surface area (TPSA) is 210 Å². The van der Waals surface area contributed by atoms with Crippen molar-refractivity contribution in [1.82, 2.24) is 0 Å². The molecule has 346 valence electrons. The van der Waals surface area contributed by atoms with E-state index in [2.05, 4.69) is 25.7 Å². The normalized spacial score (nSPS) is 22.3. The maximum atomic E-state index is 12.8. The molecule has 13 nitrogen and oxygen atoms in total. The first-order chi connectivity index (χ1) is 28.4. The van der Waals surface area contributed by atoms with Crippen LogP contribution in [0.15, 0.2) is 24.8 Å². The minimum Gasteiger partial charge on any atom is -0.462 e. The van der Waals surface area contributed by atoms with Crippen molar-refractivity contribution in [2.45, 2.75) is 236 Å². The Morgan fingerprint density at radius 3 is 1.41 bits per heavy atom. The standard InChI is InChI=1S/C45H83O13P/c1-3-5-7-9-11-13-15-17-19-21-23-25-27-29-31-33-38(46)55-35-37(36-56-59(53,54)58-45-43(51)41(49)40(48)42(50)44(45)52)57-39(47)34-32-30-28-26-24-22-20-18-16-14-12-10-8-6-4-2/h4,9,11,37,40-45,48-52H,2-3,5-8,10,12-36H2,1H3,(H,53,54)/b11-9+/t37-,40?,41-,42?,43?,44?,45?/m1/s1. The van der Waals surface area contributed by atoms with E-state index in [9.17, 15) is 44.6 Å². The summed E-state index contributed by atoms with van der Waals surface area (Å²) in [7, 11) is -5.11. The molecule has 0 radical (unpaired) electrons. The number of carbonyl (C=O) groups excluding carboxylic acids is 2. The Kier molecular flexibility index (Phi) is 33.7. The molecule has 6 unspecified atom stereocenters. The minimum absolute atomic E-state index is 0.0968. The van der Waals surface area contributed by atoms with Gasteiger partial charge in [0.1, 0.15) is 43.2 Å². The summed E-state index contributed by atoms with van der Waals surface area (Å²) < 4.78 is 33.5. The highest BCUT2D eigenvalue weighted by molar-refractivity contribution is 7.47. The van der Waals surface area contributed by atoms with Gasteiger partial charge in [-0.3, -0.25) is 18.6 Å². The largest absolute Gasteiger partial charge is 0.472 e. The molecule has 59 heavy (non-hydrogen) atoms. The molecule has 0 heterocycles. The number of hydrogen-bond acceptors (Lipinski definition) is 12. The summed E-state index contributed by atoms with van der Waals surface area (Å²) in [5.74, 6) is -1.10. The number of ether oxygens (including phenoxy) is 2. The Hall–Kier alpha value is -1.67. The highest BCUT2D eigenvalue weighted by Gasteiger charge is 2.51. The second kappa shape index (κ2) is 35.9. The molecule has 0 saturated heterocycles. The second-order valence-electron chi connectivity index (χ2n) is 16.3. The first kappa shape index (κ1) is 55.3. The number of aliphatic hydroxyl groups is 5. The van der Waals surface area contributed by atoms with E-state index >= 15 is 0 Å². The van der Waals surface area contributed by atoms with Crippen LogP contribution >= 0.6 is 7.82 Å². The molecule has 0 aromatic rings. The van der Waals surface area contributed by atoms with Crippen molar-refractivity contribution in [3.05, 3.63) is 24.8 Å². The highest BCUT2D eigenvalue weighted by Crippen LogP contribution is 2.47. The molecule has 0 spiro atoms. The summed E-state index contributed by atoms with van der Waals surface area (Å²) in [5, 5.41) is 50.1. The fourth-order valence-corrected chi connectivity index (χ4v) is 8.10. The lowest BCUT2D eigenvalue weighted by Crippen LogP contribution is -2.64. The lowest BCUT2D eigenvalue weighted by Gasteiger charge is -2.41. The van der Waals surface area contributed by atoms with E-state index < -0.39 is 75.7 Å². The van der Waals surface area contributed by atoms with Gasteiger partial charge in [0.05, 0.1) is 6.61 Å². The van der Waals surface area contributed by atoms with Gasteiger partial charge < -0.3 is 39.9 Å². The van der Waals surface area contributed by atoms with Gasteiger partial charge in [0.15, 0.2) is 6.10 Å². The Labute approximate surface area is 356 Å². The monoisotopic (exact) mass is 863 g/mol. The molecule has 0 bridgehead atoms. The average Bonchev–Trinajstić information content (AvgIpc) is 3.21. The van der Waals surface area contributed by atoms with Crippen LogP contribution in [0.3, 0.4) is 0 Å². The number of phosphoric acid groups is 1. The SMILES string of the molecule is C=CCCCCCCCCCCCCCCCC(=O)O[C@H](COC(=O)CCCCCCCCCCC/C=C/CCCC)COP(=O)(O)OC1C(O)C(O)C(O)[C@@H](O)C1O. The van der Waals surface area contributed by atoms with Crippen molar-refractivity contribution in [2.24, 2.45) is 0 Å². The number of esters is 2. The van der Waals surface area contributed by atoms with E-state index in [4.69, 9.17) is 18.5 Å². The number of phosphoric ester groups is 1. The molecular weight excluding hydrogens is 779 g/mol. The maximum Gasteiger partial charge on any atom is 0.472 e. The van der Waals surface area contributed by atoms with E-state index in [-0.39, 0.29) is 12.8 Å². The van der Waals surface area contributed by atoms with Crippen LogP contribution in [0.1, 0.15) is 193 Å². The number of aliphatic hydroxyl groups excluding tert-OH is 5. The van der Waals surface area contributed by atoms with Crippen LogP contribution < -0.4 is 0 Å². The first-order valence-corrected chi connectivity index (χ1v) is 24.6. The van der Waals surface area contributed by atoms with Gasteiger partial charge in [-0.1, -0.05) is 154 Å². The quantitative estimate of drug-likeness (QED) is 0.0148. The molecule has 1 fully saturated rings. The number of carbonyl (C=O) groups is 2. The molecule has 1 aliphatic carbocycles. The molecular formula is C45H83O13P. The van der Waals surface area contributed by atoms with Gasteiger partial charge in [-0.15, -0.1) is 6.58 Å². The predicted molar refractivity (Wildman–Crippen MR) is 230 cm³/mol. The van der Waals surface area contributed by atoms with E-state index in [1.54, 1.807) is 0 Å². The number of allylic oxidation sites excluding steroid dienone is 3. The van der Waals surface area contributed by atoms with Crippen LogP contribution in [0.5, 0.6) is 0 Å². The van der Waals surface area contributed by atoms with Gasteiger partial charge in [0.2, 0.25) is 0 Å². The van der Waals surface area contributed by atoms with E-state index in [1.165, 1.54) is 103 Å². The first-order valence-electron chi connectivity index (χ1n) is 23.1. The molecule has 0 aromatic heterocycles. The molecule has 0 aliphatic heterocycles. The van der Waals surface area contributed by atoms with Gasteiger partial charge in [-0.05, 0) is 44.9 Å². The van der Waals surface area contributed by atoms with Crippen molar-refractivity contribution in [1.29, 1.82) is 0 Å². The van der Waals surface area contributed by atoms with Crippen LogP contribution in [0.2, 0.25) is 0 Å².